The fourth-order valence-electron chi connectivity index (χ4n) is 2.04. The number of aliphatic hydroxyl groups excluding tert-OH is 1. The molecule has 0 radical (unpaired) electrons. The topological polar surface area (TPSA) is 49.3 Å². The highest BCUT2D eigenvalue weighted by atomic mass is 16.3. The van der Waals surface area contributed by atoms with Gasteiger partial charge in [-0.3, -0.25) is 4.79 Å². The molecular weight excluding hydrogens is 202 g/mol. The van der Waals surface area contributed by atoms with Gasteiger partial charge in [0.1, 0.15) is 0 Å². The summed E-state index contributed by atoms with van der Waals surface area (Å²) >= 11 is 0. The first-order valence-corrected chi connectivity index (χ1v) is 5.81. The summed E-state index contributed by atoms with van der Waals surface area (Å²) in [6.07, 6.45) is 2.10. The number of hydrogen-bond donors (Lipinski definition) is 2. The third-order valence-corrected chi connectivity index (χ3v) is 3.06. The number of rotatable bonds is 2. The molecule has 0 saturated heterocycles. The molecule has 0 unspecified atom stereocenters. The molecule has 0 aliphatic carbocycles. The van der Waals surface area contributed by atoms with Crippen molar-refractivity contribution in [2.24, 2.45) is 0 Å². The van der Waals surface area contributed by atoms with E-state index in [0.29, 0.717) is 6.42 Å². The Morgan fingerprint density at radius 3 is 3.06 bits per heavy atom. The molecule has 1 atom stereocenters. The Balaban J connectivity index is 2.39. The first-order valence-electron chi connectivity index (χ1n) is 5.81. The minimum absolute atomic E-state index is 0.0161. The summed E-state index contributed by atoms with van der Waals surface area (Å²) in [6, 6.07) is 5.71. The quantitative estimate of drug-likeness (QED) is 0.797. The van der Waals surface area contributed by atoms with Gasteiger partial charge in [-0.05, 0) is 36.5 Å². The zero-order valence-electron chi connectivity index (χ0n) is 9.49. The molecule has 3 heteroatoms. The summed E-state index contributed by atoms with van der Waals surface area (Å²) in [7, 11) is 0. The van der Waals surface area contributed by atoms with Crippen LogP contribution in [0.2, 0.25) is 0 Å². The lowest BCUT2D eigenvalue weighted by Crippen LogP contribution is -2.22. The van der Waals surface area contributed by atoms with Gasteiger partial charge in [0.05, 0.1) is 6.10 Å². The average molecular weight is 219 g/mol. The van der Waals surface area contributed by atoms with E-state index in [1.807, 2.05) is 25.1 Å². The van der Waals surface area contributed by atoms with E-state index in [4.69, 9.17) is 0 Å². The number of nitrogens with one attached hydrogen (secondary N) is 1. The van der Waals surface area contributed by atoms with Gasteiger partial charge in [-0.1, -0.05) is 19.1 Å². The second-order valence-corrected chi connectivity index (χ2v) is 4.20. The van der Waals surface area contributed by atoms with Crippen LogP contribution in [0.15, 0.2) is 18.2 Å². The van der Waals surface area contributed by atoms with E-state index in [1.165, 1.54) is 0 Å². The molecule has 2 N–H and O–H groups in total. The Labute approximate surface area is 95.5 Å². The van der Waals surface area contributed by atoms with Crippen LogP contribution in [0.25, 0.3) is 0 Å². The summed E-state index contributed by atoms with van der Waals surface area (Å²) in [5.41, 5.74) is 2.64. The van der Waals surface area contributed by atoms with Crippen LogP contribution in [0.4, 0.5) is 0 Å². The van der Waals surface area contributed by atoms with Crippen LogP contribution < -0.4 is 5.32 Å². The average Bonchev–Trinajstić information content (AvgIpc) is 2.50. The fourth-order valence-corrected chi connectivity index (χ4v) is 2.04. The number of hydrogen-bond acceptors (Lipinski definition) is 2. The highest BCUT2D eigenvalue weighted by Gasteiger charge is 2.16. The molecule has 1 aliphatic rings. The number of amides is 1. The molecule has 1 aliphatic heterocycles. The number of aliphatic hydroxyl groups is 1. The largest absolute Gasteiger partial charge is 0.388 e. The second-order valence-electron chi connectivity index (χ2n) is 4.20. The van der Waals surface area contributed by atoms with Gasteiger partial charge in [0, 0.05) is 12.1 Å². The highest BCUT2D eigenvalue weighted by molar-refractivity contribution is 5.96. The van der Waals surface area contributed by atoms with Crippen molar-refractivity contribution < 1.29 is 9.90 Å². The molecule has 1 heterocycles. The maximum absolute atomic E-state index is 11.8. The summed E-state index contributed by atoms with van der Waals surface area (Å²) in [5, 5.41) is 12.6. The van der Waals surface area contributed by atoms with Crippen LogP contribution >= 0.6 is 0 Å². The Morgan fingerprint density at radius 1 is 1.50 bits per heavy atom. The van der Waals surface area contributed by atoms with E-state index in [9.17, 15) is 9.90 Å². The predicted molar refractivity (Wildman–Crippen MR) is 62.3 cm³/mol. The third kappa shape index (κ3) is 2.09. The summed E-state index contributed by atoms with van der Waals surface area (Å²) in [5.74, 6) is -0.0161. The van der Waals surface area contributed by atoms with E-state index >= 15 is 0 Å². The summed E-state index contributed by atoms with van der Waals surface area (Å²) in [4.78, 5) is 11.8. The Bertz CT molecular complexity index is 401. The lowest BCUT2D eigenvalue weighted by Gasteiger charge is -2.11. The normalized spacial score (nSPS) is 17.2. The van der Waals surface area contributed by atoms with Crippen LogP contribution in [0.5, 0.6) is 0 Å². The van der Waals surface area contributed by atoms with E-state index < -0.39 is 6.10 Å². The molecule has 3 nitrogen and oxygen atoms in total. The Hall–Kier alpha value is -1.35. The first-order chi connectivity index (χ1) is 7.72. The number of benzene rings is 1. The second kappa shape index (κ2) is 4.66. The number of carbonyl (C=O) groups is 1. The number of aryl methyl sites for hydroxylation is 1. The van der Waals surface area contributed by atoms with Crippen molar-refractivity contribution in [2.45, 2.75) is 32.3 Å². The van der Waals surface area contributed by atoms with Crippen LogP contribution in [0.1, 0.15) is 47.4 Å². The molecule has 0 bridgehead atoms. The monoisotopic (exact) mass is 219 g/mol. The summed E-state index contributed by atoms with van der Waals surface area (Å²) < 4.78 is 0. The van der Waals surface area contributed by atoms with Gasteiger partial charge in [0.2, 0.25) is 0 Å². The molecular formula is C13H17NO2. The van der Waals surface area contributed by atoms with Crippen molar-refractivity contribution in [1.82, 2.24) is 5.32 Å². The lowest BCUT2D eigenvalue weighted by atomic mass is 9.98. The Morgan fingerprint density at radius 2 is 2.31 bits per heavy atom. The van der Waals surface area contributed by atoms with Crippen molar-refractivity contribution in [3.05, 3.63) is 34.9 Å². The SMILES string of the molecule is CC[C@H](O)c1ccc2c(c1)C(=O)NCCC2. The first kappa shape index (κ1) is 11.1. The van der Waals surface area contributed by atoms with Crippen LogP contribution in [0.3, 0.4) is 0 Å². The molecule has 1 amide bonds. The molecule has 1 aromatic rings. The van der Waals surface area contributed by atoms with Gasteiger partial charge in [-0.25, -0.2) is 0 Å². The van der Waals surface area contributed by atoms with Crippen molar-refractivity contribution in [1.29, 1.82) is 0 Å². The van der Waals surface area contributed by atoms with E-state index in [0.717, 1.165) is 36.1 Å². The van der Waals surface area contributed by atoms with Crippen LogP contribution in [-0.2, 0) is 6.42 Å². The maximum atomic E-state index is 11.8. The lowest BCUT2D eigenvalue weighted by molar-refractivity contribution is 0.0955. The minimum Gasteiger partial charge on any atom is -0.388 e. The highest BCUT2D eigenvalue weighted by Crippen LogP contribution is 2.22. The molecule has 0 saturated carbocycles. The predicted octanol–water partition coefficient (Wildman–Crippen LogP) is 1.81. The van der Waals surface area contributed by atoms with Gasteiger partial charge < -0.3 is 10.4 Å². The molecule has 0 fully saturated rings. The third-order valence-electron chi connectivity index (χ3n) is 3.06. The fraction of sp³-hybridized carbons (Fsp3) is 0.462. The minimum atomic E-state index is -0.471. The smallest absolute Gasteiger partial charge is 0.251 e. The van der Waals surface area contributed by atoms with Crippen molar-refractivity contribution in [3.8, 4) is 0 Å². The molecule has 86 valence electrons. The van der Waals surface area contributed by atoms with E-state index in [2.05, 4.69) is 5.32 Å². The molecule has 0 aromatic heterocycles. The molecule has 2 rings (SSSR count). The van der Waals surface area contributed by atoms with Gasteiger partial charge in [-0.2, -0.15) is 0 Å². The van der Waals surface area contributed by atoms with Crippen molar-refractivity contribution in [3.63, 3.8) is 0 Å². The van der Waals surface area contributed by atoms with E-state index in [1.54, 1.807) is 0 Å². The van der Waals surface area contributed by atoms with Gasteiger partial charge in [0.25, 0.3) is 5.91 Å². The van der Waals surface area contributed by atoms with Crippen LogP contribution in [-0.4, -0.2) is 17.6 Å². The zero-order chi connectivity index (χ0) is 11.5. The van der Waals surface area contributed by atoms with Gasteiger partial charge in [0.15, 0.2) is 0 Å². The number of carbonyl (C=O) groups excluding carboxylic acids is 1. The standard InChI is InChI=1S/C13H17NO2/c1-2-12(15)10-6-5-9-4-3-7-14-13(16)11(9)8-10/h5-6,8,12,15H,2-4,7H2,1H3,(H,14,16)/t12-/m0/s1. The van der Waals surface area contributed by atoms with Gasteiger partial charge >= 0.3 is 0 Å². The van der Waals surface area contributed by atoms with Crippen molar-refractivity contribution >= 4 is 5.91 Å². The Kier molecular flexibility index (Phi) is 3.25. The van der Waals surface area contributed by atoms with E-state index in [-0.39, 0.29) is 5.91 Å². The zero-order valence-corrected chi connectivity index (χ0v) is 9.49. The van der Waals surface area contributed by atoms with Gasteiger partial charge in [-0.15, -0.1) is 0 Å². The van der Waals surface area contributed by atoms with Crippen LogP contribution in [0, 0.1) is 0 Å². The number of fused-ring (bicyclic) bond motifs is 1. The molecule has 1 aromatic carbocycles. The molecule has 0 spiro atoms. The summed E-state index contributed by atoms with van der Waals surface area (Å²) in [6.45, 7) is 2.66. The maximum Gasteiger partial charge on any atom is 0.251 e. The molecule has 16 heavy (non-hydrogen) atoms. The van der Waals surface area contributed by atoms with Crippen molar-refractivity contribution in [2.75, 3.05) is 6.54 Å².